The number of tetrazole rings is 1. The van der Waals surface area contributed by atoms with E-state index in [1.54, 1.807) is 6.26 Å². The predicted octanol–water partition coefficient (Wildman–Crippen LogP) is 1.13. The lowest BCUT2D eigenvalue weighted by Gasteiger charge is -2.07. The zero-order chi connectivity index (χ0) is 12.3. The first-order valence-electron chi connectivity index (χ1n) is 5.05. The summed E-state index contributed by atoms with van der Waals surface area (Å²) in [6, 6.07) is 7.70. The summed E-state index contributed by atoms with van der Waals surface area (Å²) in [5.74, 6) is 0. The van der Waals surface area contributed by atoms with E-state index in [0.717, 1.165) is 11.3 Å². The smallest absolute Gasteiger partial charge is 0.244 e. The van der Waals surface area contributed by atoms with Crippen molar-refractivity contribution in [1.82, 2.24) is 20.2 Å². The van der Waals surface area contributed by atoms with Crippen LogP contribution in [-0.2, 0) is 17.2 Å². The van der Waals surface area contributed by atoms with Crippen molar-refractivity contribution in [2.24, 2.45) is 0 Å². The van der Waals surface area contributed by atoms with E-state index in [1.165, 1.54) is 4.68 Å². The van der Waals surface area contributed by atoms with Crippen LogP contribution in [0.5, 0.6) is 0 Å². The number of rotatable bonds is 4. The highest BCUT2D eigenvalue weighted by atomic mass is 32.2. The van der Waals surface area contributed by atoms with Crippen LogP contribution < -0.4 is 0 Å². The van der Waals surface area contributed by atoms with Crippen LogP contribution in [0.25, 0.3) is 5.69 Å². The molecule has 5 nitrogen and oxygen atoms in total. The Morgan fingerprint density at radius 3 is 2.94 bits per heavy atom. The van der Waals surface area contributed by atoms with E-state index in [4.69, 9.17) is 0 Å². The molecule has 0 bridgehead atoms. The molecule has 17 heavy (non-hydrogen) atoms. The van der Waals surface area contributed by atoms with Gasteiger partial charge in [0.25, 0.3) is 0 Å². The normalized spacial score (nSPS) is 12.3. The fourth-order valence-corrected chi connectivity index (χ4v) is 2.08. The van der Waals surface area contributed by atoms with Crippen molar-refractivity contribution in [3.8, 4) is 5.69 Å². The van der Waals surface area contributed by atoms with Gasteiger partial charge in [-0.25, -0.2) is 0 Å². The number of hydrogen-bond donors (Lipinski definition) is 0. The lowest BCUT2D eigenvalue weighted by molar-refractivity contribution is 0.669. The third-order valence-corrected chi connectivity index (χ3v) is 3.05. The maximum atomic E-state index is 11.5. The summed E-state index contributed by atoms with van der Waals surface area (Å²) in [6.07, 6.45) is 4.08. The van der Waals surface area contributed by atoms with Crippen LogP contribution in [-0.4, -0.2) is 30.7 Å². The van der Waals surface area contributed by atoms with Gasteiger partial charge in [0.2, 0.25) is 5.16 Å². The Balaban J connectivity index is 2.56. The molecular formula is C11H12N4OS. The molecule has 2 aromatic rings. The molecule has 0 aliphatic carbocycles. The van der Waals surface area contributed by atoms with Crippen molar-refractivity contribution in [3.05, 3.63) is 42.5 Å². The minimum absolute atomic E-state index is 0.349. The highest BCUT2D eigenvalue weighted by Crippen LogP contribution is 2.16. The van der Waals surface area contributed by atoms with Gasteiger partial charge in [-0.2, -0.15) is 4.68 Å². The molecule has 88 valence electrons. The Hall–Kier alpha value is -1.82. The molecule has 0 aliphatic rings. The van der Waals surface area contributed by atoms with Crippen LogP contribution in [0.3, 0.4) is 0 Å². The molecule has 1 atom stereocenters. The van der Waals surface area contributed by atoms with Gasteiger partial charge in [-0.1, -0.05) is 29.4 Å². The minimum atomic E-state index is -1.22. The third-order valence-electron chi connectivity index (χ3n) is 2.28. The van der Waals surface area contributed by atoms with E-state index in [1.807, 2.05) is 30.3 Å². The minimum Gasteiger partial charge on any atom is -0.251 e. The fourth-order valence-electron chi connectivity index (χ4n) is 1.55. The van der Waals surface area contributed by atoms with Gasteiger partial charge >= 0.3 is 0 Å². The van der Waals surface area contributed by atoms with Crippen molar-refractivity contribution in [2.45, 2.75) is 11.6 Å². The zero-order valence-electron chi connectivity index (χ0n) is 9.41. The summed E-state index contributed by atoms with van der Waals surface area (Å²) >= 11 is 0. The Morgan fingerprint density at radius 1 is 1.47 bits per heavy atom. The molecule has 1 aromatic carbocycles. The molecule has 1 aromatic heterocycles. The van der Waals surface area contributed by atoms with Crippen LogP contribution in [0.2, 0.25) is 0 Å². The highest BCUT2D eigenvalue weighted by molar-refractivity contribution is 7.84. The maximum Gasteiger partial charge on any atom is 0.244 e. The van der Waals surface area contributed by atoms with Gasteiger partial charge in [0, 0.05) is 6.26 Å². The number of nitrogens with zero attached hydrogens (tertiary/aromatic N) is 4. The highest BCUT2D eigenvalue weighted by Gasteiger charge is 2.13. The van der Waals surface area contributed by atoms with Crippen molar-refractivity contribution in [2.75, 3.05) is 6.26 Å². The van der Waals surface area contributed by atoms with Gasteiger partial charge in [0.1, 0.15) is 0 Å². The molecule has 1 unspecified atom stereocenters. The van der Waals surface area contributed by atoms with Crippen LogP contribution in [0.1, 0.15) is 5.56 Å². The van der Waals surface area contributed by atoms with Crippen LogP contribution in [0, 0.1) is 0 Å². The first-order chi connectivity index (χ1) is 8.24. The van der Waals surface area contributed by atoms with E-state index in [-0.39, 0.29) is 0 Å². The van der Waals surface area contributed by atoms with E-state index >= 15 is 0 Å². The first kappa shape index (κ1) is 11.7. The third kappa shape index (κ3) is 2.31. The van der Waals surface area contributed by atoms with Gasteiger partial charge < -0.3 is 0 Å². The number of hydrogen-bond acceptors (Lipinski definition) is 4. The number of para-hydroxylation sites is 1. The van der Waals surface area contributed by atoms with Crippen molar-refractivity contribution < 1.29 is 4.21 Å². The van der Waals surface area contributed by atoms with E-state index in [0.29, 0.717) is 11.6 Å². The van der Waals surface area contributed by atoms with Gasteiger partial charge in [0.05, 0.1) is 16.5 Å². The summed E-state index contributed by atoms with van der Waals surface area (Å²) in [5, 5.41) is 11.6. The largest absolute Gasteiger partial charge is 0.251 e. The second-order valence-corrected chi connectivity index (χ2v) is 4.72. The van der Waals surface area contributed by atoms with Crippen molar-refractivity contribution in [3.63, 3.8) is 0 Å². The molecule has 0 saturated heterocycles. The summed E-state index contributed by atoms with van der Waals surface area (Å²) in [4.78, 5) is 0. The molecule has 0 saturated carbocycles. The Bertz CT molecular complexity index is 564. The molecule has 0 aliphatic heterocycles. The zero-order valence-corrected chi connectivity index (χ0v) is 10.2. The standard InChI is InChI=1S/C11H12N4OS/c1-3-6-9-7-4-5-8-10(9)15-11(17(2)16)12-13-14-15/h3-5,7-8H,1,6H2,2H3. The SMILES string of the molecule is C=CCc1ccccc1-n1nnnc1S(C)=O. The van der Waals surface area contributed by atoms with Crippen LogP contribution in [0.4, 0.5) is 0 Å². The molecule has 0 amide bonds. The molecule has 0 fully saturated rings. The summed E-state index contributed by atoms with van der Waals surface area (Å²) in [6.45, 7) is 3.72. The van der Waals surface area contributed by atoms with Gasteiger partial charge in [-0.3, -0.25) is 4.21 Å². The summed E-state index contributed by atoms with van der Waals surface area (Å²) < 4.78 is 13.0. The molecule has 6 heteroatoms. The van der Waals surface area contributed by atoms with E-state index < -0.39 is 10.8 Å². The van der Waals surface area contributed by atoms with Crippen molar-refractivity contribution >= 4 is 10.8 Å². The summed E-state index contributed by atoms with van der Waals surface area (Å²) in [7, 11) is -1.22. The van der Waals surface area contributed by atoms with Crippen molar-refractivity contribution in [1.29, 1.82) is 0 Å². The fraction of sp³-hybridized carbons (Fsp3) is 0.182. The van der Waals surface area contributed by atoms with Gasteiger partial charge in [-0.05, 0) is 28.5 Å². The lowest BCUT2D eigenvalue weighted by Crippen LogP contribution is -2.06. The lowest BCUT2D eigenvalue weighted by atomic mass is 10.1. The average Bonchev–Trinajstić information content (AvgIpc) is 2.79. The first-order valence-corrected chi connectivity index (χ1v) is 6.61. The molecule has 2 rings (SSSR count). The van der Waals surface area contributed by atoms with Gasteiger partial charge in [0.15, 0.2) is 0 Å². The van der Waals surface area contributed by atoms with Gasteiger partial charge in [-0.15, -0.1) is 6.58 Å². The molecular weight excluding hydrogens is 236 g/mol. The Morgan fingerprint density at radius 2 is 2.24 bits per heavy atom. The quantitative estimate of drug-likeness (QED) is 0.761. The molecule has 0 radical (unpaired) electrons. The maximum absolute atomic E-state index is 11.5. The number of benzene rings is 1. The topological polar surface area (TPSA) is 60.7 Å². The Labute approximate surface area is 102 Å². The van der Waals surface area contributed by atoms with Crippen LogP contribution >= 0.6 is 0 Å². The second-order valence-electron chi connectivity index (χ2n) is 3.45. The second kappa shape index (κ2) is 5.01. The number of aromatic nitrogens is 4. The summed E-state index contributed by atoms with van der Waals surface area (Å²) in [5.41, 5.74) is 1.88. The van der Waals surface area contributed by atoms with E-state index in [9.17, 15) is 4.21 Å². The number of allylic oxidation sites excluding steroid dienone is 1. The average molecular weight is 248 g/mol. The molecule has 0 N–H and O–H groups in total. The Kier molecular flexibility index (Phi) is 3.43. The predicted molar refractivity (Wildman–Crippen MR) is 65.4 cm³/mol. The molecule has 1 heterocycles. The van der Waals surface area contributed by atoms with Crippen LogP contribution in [0.15, 0.2) is 42.1 Å². The van der Waals surface area contributed by atoms with E-state index in [2.05, 4.69) is 22.1 Å². The monoisotopic (exact) mass is 248 g/mol. The molecule has 0 spiro atoms.